The molecule has 0 N–H and O–H groups in total. The van der Waals surface area contributed by atoms with E-state index in [0.29, 0.717) is 29.2 Å². The molecule has 2 aromatic carbocycles. The van der Waals surface area contributed by atoms with Crippen LogP contribution in [0.1, 0.15) is 37.3 Å². The van der Waals surface area contributed by atoms with Gasteiger partial charge >= 0.3 is 0 Å². The molecule has 4 nitrogen and oxygen atoms in total. The molecule has 5 aliphatic rings. The zero-order chi connectivity index (χ0) is 21.4. The van der Waals surface area contributed by atoms with Crippen LogP contribution in [0.5, 0.6) is 11.5 Å². The zero-order valence-electron chi connectivity index (χ0n) is 18.1. The summed E-state index contributed by atoms with van der Waals surface area (Å²) < 4.78 is 6.18. The first-order valence-corrected chi connectivity index (χ1v) is 11.4. The van der Waals surface area contributed by atoms with Gasteiger partial charge in [0.1, 0.15) is 11.5 Å². The van der Waals surface area contributed by atoms with Gasteiger partial charge in [0.15, 0.2) is 0 Å². The molecule has 158 valence electrons. The van der Waals surface area contributed by atoms with Gasteiger partial charge in [-0.15, -0.1) is 0 Å². The van der Waals surface area contributed by atoms with Gasteiger partial charge in [-0.25, -0.2) is 0 Å². The van der Waals surface area contributed by atoms with E-state index in [-0.39, 0.29) is 35.5 Å². The molecule has 4 aliphatic carbocycles. The molecule has 31 heavy (non-hydrogen) atoms. The second kappa shape index (κ2) is 6.56. The van der Waals surface area contributed by atoms with Crippen molar-refractivity contribution in [1.82, 2.24) is 0 Å². The molecule has 2 aromatic rings. The summed E-state index contributed by atoms with van der Waals surface area (Å²) in [6.07, 6.45) is 5.60. The van der Waals surface area contributed by atoms with E-state index in [4.69, 9.17) is 4.74 Å². The number of hydrogen-bond donors (Lipinski definition) is 0. The molecule has 0 radical (unpaired) electrons. The standard InChI is InChI=1S/C27H27NO3/c1-14(2)18-9-4-15(3)12-23(18)31-17-7-5-16(6-8-17)28-26(29)24-19-10-11-20(22-13-21(19)22)25(24)27(28)30/h4-12,14,19-22,24-25H,13H2,1-3H3/t19-,20-,21-,22-,24+,25+/m0/s1. The molecule has 0 unspecified atom stereocenters. The van der Waals surface area contributed by atoms with E-state index in [1.54, 1.807) is 0 Å². The number of benzene rings is 2. The highest BCUT2D eigenvalue weighted by atomic mass is 16.5. The fourth-order valence-corrected chi connectivity index (χ4v) is 6.21. The van der Waals surface area contributed by atoms with Crippen molar-refractivity contribution in [1.29, 1.82) is 0 Å². The number of allylic oxidation sites excluding steroid dienone is 2. The Morgan fingerprint density at radius 1 is 0.903 bits per heavy atom. The van der Waals surface area contributed by atoms with Crippen LogP contribution in [0.15, 0.2) is 54.6 Å². The number of amides is 2. The molecule has 1 saturated heterocycles. The third kappa shape index (κ3) is 2.73. The van der Waals surface area contributed by atoms with Gasteiger partial charge in [0.05, 0.1) is 17.5 Å². The Morgan fingerprint density at radius 3 is 2.10 bits per heavy atom. The molecule has 2 amide bonds. The first-order valence-electron chi connectivity index (χ1n) is 11.4. The third-order valence-electron chi connectivity index (χ3n) is 7.78. The highest BCUT2D eigenvalue weighted by Crippen LogP contribution is 2.65. The normalized spacial score (nSPS) is 32.5. The number of anilines is 1. The molecule has 0 spiro atoms. The molecular formula is C27H27NO3. The topological polar surface area (TPSA) is 46.6 Å². The summed E-state index contributed by atoms with van der Waals surface area (Å²) in [5.41, 5.74) is 2.96. The fraction of sp³-hybridized carbons (Fsp3) is 0.407. The van der Waals surface area contributed by atoms with Crippen molar-refractivity contribution in [2.75, 3.05) is 4.90 Å². The summed E-state index contributed by atoms with van der Waals surface area (Å²) >= 11 is 0. The lowest BCUT2D eigenvalue weighted by Crippen LogP contribution is -2.40. The SMILES string of the molecule is Cc1ccc(C(C)C)c(Oc2ccc(N3C(=O)[C@@H]4[C@H]5C=C[C@@H]([C@@H]6C[C@@H]56)[C@H]4C3=O)cc2)c1. The maximum atomic E-state index is 13.3. The van der Waals surface area contributed by atoms with Crippen molar-refractivity contribution < 1.29 is 14.3 Å². The lowest BCUT2D eigenvalue weighted by molar-refractivity contribution is -0.124. The average molecular weight is 414 g/mol. The fourth-order valence-electron chi connectivity index (χ4n) is 6.21. The second-order valence-corrected chi connectivity index (χ2v) is 9.96. The Labute approximate surface area is 182 Å². The quantitative estimate of drug-likeness (QED) is 0.493. The number of rotatable bonds is 4. The van der Waals surface area contributed by atoms with E-state index in [9.17, 15) is 9.59 Å². The molecule has 0 aromatic heterocycles. The number of carbonyl (C=O) groups excluding carboxylic acids is 2. The van der Waals surface area contributed by atoms with Gasteiger partial charge < -0.3 is 4.74 Å². The molecule has 2 bridgehead atoms. The molecular weight excluding hydrogens is 386 g/mol. The van der Waals surface area contributed by atoms with Gasteiger partial charge in [0, 0.05) is 0 Å². The predicted molar refractivity (Wildman–Crippen MR) is 119 cm³/mol. The number of aryl methyl sites for hydroxylation is 1. The van der Waals surface area contributed by atoms with Crippen LogP contribution in [0.2, 0.25) is 0 Å². The van der Waals surface area contributed by atoms with Gasteiger partial charge in [0.2, 0.25) is 11.8 Å². The number of carbonyl (C=O) groups is 2. The molecule has 7 rings (SSSR count). The summed E-state index contributed by atoms with van der Waals surface area (Å²) in [6.45, 7) is 6.35. The van der Waals surface area contributed by atoms with Gasteiger partial charge in [-0.1, -0.05) is 38.1 Å². The Kier molecular flexibility index (Phi) is 3.99. The van der Waals surface area contributed by atoms with Crippen LogP contribution in [-0.4, -0.2) is 11.8 Å². The second-order valence-electron chi connectivity index (χ2n) is 9.96. The van der Waals surface area contributed by atoms with Gasteiger partial charge in [0.25, 0.3) is 0 Å². The van der Waals surface area contributed by atoms with Crippen molar-refractivity contribution in [3.8, 4) is 11.5 Å². The van der Waals surface area contributed by atoms with Crippen molar-refractivity contribution in [2.45, 2.75) is 33.1 Å². The summed E-state index contributed by atoms with van der Waals surface area (Å²) in [5, 5.41) is 0. The van der Waals surface area contributed by atoms with Gasteiger partial charge in [-0.2, -0.15) is 0 Å². The Morgan fingerprint density at radius 2 is 1.52 bits per heavy atom. The first-order chi connectivity index (χ1) is 14.9. The predicted octanol–water partition coefficient (Wildman–Crippen LogP) is 5.47. The lowest BCUT2D eigenvalue weighted by Gasteiger charge is -2.37. The van der Waals surface area contributed by atoms with Gasteiger partial charge in [-0.3, -0.25) is 14.5 Å². The Bertz CT molecular complexity index is 1080. The van der Waals surface area contributed by atoms with Crippen LogP contribution in [0.4, 0.5) is 5.69 Å². The first kappa shape index (κ1) is 18.9. The highest BCUT2D eigenvalue weighted by Gasteiger charge is 2.67. The minimum atomic E-state index is -0.164. The Hall–Kier alpha value is -2.88. The summed E-state index contributed by atoms with van der Waals surface area (Å²) in [4.78, 5) is 28.0. The van der Waals surface area contributed by atoms with Crippen LogP contribution < -0.4 is 9.64 Å². The van der Waals surface area contributed by atoms with E-state index in [0.717, 1.165) is 16.9 Å². The van der Waals surface area contributed by atoms with Crippen molar-refractivity contribution in [3.63, 3.8) is 0 Å². The van der Waals surface area contributed by atoms with Crippen molar-refractivity contribution in [3.05, 3.63) is 65.7 Å². The highest BCUT2D eigenvalue weighted by molar-refractivity contribution is 6.22. The smallest absolute Gasteiger partial charge is 0.238 e. The molecule has 1 aliphatic heterocycles. The summed E-state index contributed by atoms with van der Waals surface area (Å²) in [5.74, 6) is 3.28. The molecule has 3 fully saturated rings. The van der Waals surface area contributed by atoms with Crippen LogP contribution in [0.25, 0.3) is 0 Å². The van der Waals surface area contributed by atoms with Crippen molar-refractivity contribution >= 4 is 17.5 Å². The summed E-state index contributed by atoms with van der Waals surface area (Å²) in [7, 11) is 0. The van der Waals surface area contributed by atoms with Crippen LogP contribution in [0.3, 0.4) is 0 Å². The third-order valence-corrected chi connectivity index (χ3v) is 7.78. The minimum absolute atomic E-state index is 0.0193. The zero-order valence-corrected chi connectivity index (χ0v) is 18.1. The van der Waals surface area contributed by atoms with Crippen LogP contribution in [0, 0.1) is 42.4 Å². The number of ether oxygens (including phenoxy) is 1. The van der Waals surface area contributed by atoms with E-state index in [1.807, 2.05) is 24.3 Å². The molecule has 1 heterocycles. The molecule has 4 heteroatoms. The van der Waals surface area contributed by atoms with E-state index >= 15 is 0 Å². The molecule has 2 saturated carbocycles. The van der Waals surface area contributed by atoms with Crippen LogP contribution >= 0.6 is 0 Å². The Balaban J connectivity index is 1.26. The van der Waals surface area contributed by atoms with Crippen molar-refractivity contribution in [2.24, 2.45) is 35.5 Å². The van der Waals surface area contributed by atoms with E-state index in [1.165, 1.54) is 11.3 Å². The number of hydrogen-bond acceptors (Lipinski definition) is 3. The van der Waals surface area contributed by atoms with E-state index < -0.39 is 0 Å². The average Bonchev–Trinajstić information content (AvgIpc) is 3.52. The van der Waals surface area contributed by atoms with E-state index in [2.05, 4.69) is 51.1 Å². The lowest BCUT2D eigenvalue weighted by atomic mass is 9.63. The minimum Gasteiger partial charge on any atom is -0.457 e. The molecule has 6 atom stereocenters. The largest absolute Gasteiger partial charge is 0.457 e. The summed E-state index contributed by atoms with van der Waals surface area (Å²) in [6, 6.07) is 13.6. The maximum absolute atomic E-state index is 13.3. The maximum Gasteiger partial charge on any atom is 0.238 e. The number of nitrogens with zero attached hydrogens (tertiary/aromatic N) is 1. The monoisotopic (exact) mass is 413 g/mol. The van der Waals surface area contributed by atoms with Crippen LogP contribution in [-0.2, 0) is 9.59 Å². The number of imide groups is 1. The van der Waals surface area contributed by atoms with Gasteiger partial charge in [-0.05, 0) is 84.4 Å².